The monoisotopic (exact) mass is 531 g/mol. The fourth-order valence-corrected chi connectivity index (χ4v) is 5.06. The summed E-state index contributed by atoms with van der Waals surface area (Å²) >= 11 is 18.7. The van der Waals surface area contributed by atoms with E-state index < -0.39 is 0 Å². The van der Waals surface area contributed by atoms with E-state index in [1.54, 1.807) is 22.9 Å². The molecule has 1 aromatic heterocycles. The Morgan fingerprint density at radius 3 is 2.46 bits per heavy atom. The Labute approximate surface area is 223 Å². The highest BCUT2D eigenvalue weighted by Gasteiger charge is 2.23. The van der Waals surface area contributed by atoms with Gasteiger partial charge in [-0.2, -0.15) is 5.10 Å². The van der Waals surface area contributed by atoms with E-state index in [1.807, 2.05) is 37.3 Å². The number of nitrogens with one attached hydrogen (secondary N) is 1. The number of hydrogen-bond acceptors (Lipinski definition) is 2. The van der Waals surface area contributed by atoms with Gasteiger partial charge in [-0.3, -0.25) is 4.79 Å². The number of nitrogens with zero attached hydrogens (tertiary/aromatic N) is 2. The Bertz CT molecular complexity index is 1170. The molecule has 2 unspecified atom stereocenters. The lowest BCUT2D eigenvalue weighted by molar-refractivity contribution is 0.0946. The second-order valence-corrected chi connectivity index (χ2v) is 10.2. The molecule has 0 aliphatic carbocycles. The highest BCUT2D eigenvalue weighted by molar-refractivity contribution is 6.35. The van der Waals surface area contributed by atoms with Crippen LogP contribution in [0.25, 0.3) is 16.9 Å². The number of benzene rings is 2. The molecule has 4 nitrogen and oxygen atoms in total. The number of aromatic nitrogens is 2. The lowest BCUT2D eigenvalue weighted by Crippen LogP contribution is -2.26. The van der Waals surface area contributed by atoms with Crippen molar-refractivity contribution in [2.75, 3.05) is 6.54 Å². The zero-order valence-corrected chi connectivity index (χ0v) is 22.7. The van der Waals surface area contributed by atoms with Crippen LogP contribution in [0.2, 0.25) is 15.1 Å². The van der Waals surface area contributed by atoms with Gasteiger partial charge in [-0.05, 0) is 68.4 Å². The fraction of sp³-hybridized carbons (Fsp3) is 0.357. The number of halogens is 3. The number of carbonyl (C=O) groups is 1. The van der Waals surface area contributed by atoms with Crippen LogP contribution in [0.5, 0.6) is 0 Å². The van der Waals surface area contributed by atoms with Gasteiger partial charge >= 0.3 is 0 Å². The molecule has 2 aromatic carbocycles. The van der Waals surface area contributed by atoms with Crippen molar-refractivity contribution in [2.45, 2.75) is 46.5 Å². The second kappa shape index (κ2) is 12.6. The van der Waals surface area contributed by atoms with Crippen LogP contribution >= 0.6 is 34.8 Å². The van der Waals surface area contributed by atoms with Crippen LogP contribution < -0.4 is 5.32 Å². The van der Waals surface area contributed by atoms with E-state index in [-0.39, 0.29) is 5.91 Å². The third-order valence-corrected chi connectivity index (χ3v) is 7.30. The van der Waals surface area contributed by atoms with Crippen LogP contribution in [0.4, 0.5) is 0 Å². The molecule has 0 spiro atoms. The number of amides is 1. The maximum Gasteiger partial charge on any atom is 0.272 e. The normalized spacial score (nSPS) is 12.9. The Hall–Kier alpha value is -2.27. The maximum atomic E-state index is 13.1. The van der Waals surface area contributed by atoms with Gasteiger partial charge in [-0.1, -0.05) is 73.3 Å². The lowest BCUT2D eigenvalue weighted by atomic mass is 9.85. The van der Waals surface area contributed by atoms with Crippen molar-refractivity contribution in [1.29, 1.82) is 0 Å². The molecule has 0 saturated heterocycles. The first-order chi connectivity index (χ1) is 16.8. The van der Waals surface area contributed by atoms with Gasteiger partial charge in [0.05, 0.1) is 16.4 Å². The smallest absolute Gasteiger partial charge is 0.272 e. The van der Waals surface area contributed by atoms with Crippen molar-refractivity contribution in [2.24, 2.45) is 11.8 Å². The summed E-state index contributed by atoms with van der Waals surface area (Å²) in [5.74, 6) is 1.01. The zero-order valence-electron chi connectivity index (χ0n) is 20.5. The van der Waals surface area contributed by atoms with Crippen LogP contribution in [-0.4, -0.2) is 22.2 Å². The highest BCUT2D eigenvalue weighted by Crippen LogP contribution is 2.33. The van der Waals surface area contributed by atoms with Gasteiger partial charge in [-0.25, -0.2) is 4.68 Å². The van der Waals surface area contributed by atoms with Crippen LogP contribution in [0, 0.1) is 18.8 Å². The molecule has 2 atom stereocenters. The fourth-order valence-electron chi connectivity index (χ4n) is 4.45. The third kappa shape index (κ3) is 6.69. The van der Waals surface area contributed by atoms with Crippen molar-refractivity contribution in [3.05, 3.63) is 81.4 Å². The zero-order chi connectivity index (χ0) is 25.5. The van der Waals surface area contributed by atoms with Gasteiger partial charge in [0.2, 0.25) is 0 Å². The van der Waals surface area contributed by atoms with E-state index >= 15 is 0 Å². The van der Waals surface area contributed by atoms with Gasteiger partial charge in [-0.15, -0.1) is 6.58 Å². The minimum atomic E-state index is -0.202. The van der Waals surface area contributed by atoms with Crippen molar-refractivity contribution in [1.82, 2.24) is 15.1 Å². The van der Waals surface area contributed by atoms with E-state index in [4.69, 9.17) is 34.8 Å². The van der Waals surface area contributed by atoms with E-state index in [9.17, 15) is 4.79 Å². The molecule has 1 N–H and O–H groups in total. The highest BCUT2D eigenvalue weighted by atomic mass is 35.5. The average molecular weight is 533 g/mol. The minimum absolute atomic E-state index is 0.202. The average Bonchev–Trinajstić information content (AvgIpc) is 3.17. The first-order valence-corrected chi connectivity index (χ1v) is 13.1. The Morgan fingerprint density at radius 1 is 1.14 bits per heavy atom. The standard InChI is InChI=1S/C28H32Cl3N3O/c1-5-8-20(6-2)18(3)9-7-16-32-28(35)26-19(4)27(21-10-12-22(29)13-11-21)34(33-26)25-15-14-23(30)17-24(25)31/h5,10-15,17-18,20H,1,6-9,16H2,2-4H3,(H,32,35). The van der Waals surface area contributed by atoms with Gasteiger partial charge in [0.25, 0.3) is 5.91 Å². The van der Waals surface area contributed by atoms with E-state index in [1.165, 1.54) is 0 Å². The van der Waals surface area contributed by atoms with Crippen molar-refractivity contribution in [3.63, 3.8) is 0 Å². The predicted molar refractivity (Wildman–Crippen MR) is 148 cm³/mol. The molecule has 0 radical (unpaired) electrons. The Morgan fingerprint density at radius 2 is 1.83 bits per heavy atom. The summed E-state index contributed by atoms with van der Waals surface area (Å²) in [6, 6.07) is 12.7. The largest absolute Gasteiger partial charge is 0.351 e. The van der Waals surface area contributed by atoms with Crippen molar-refractivity contribution >= 4 is 40.7 Å². The summed E-state index contributed by atoms with van der Waals surface area (Å²) in [5, 5.41) is 9.34. The molecule has 1 amide bonds. The minimum Gasteiger partial charge on any atom is -0.351 e. The molecular formula is C28H32Cl3N3O. The van der Waals surface area contributed by atoms with Crippen molar-refractivity contribution in [3.8, 4) is 16.9 Å². The SMILES string of the molecule is C=CCC(CC)C(C)CCCNC(=O)c1nn(-c2ccc(Cl)cc2Cl)c(-c2ccc(Cl)cc2)c1C. The van der Waals surface area contributed by atoms with Crippen LogP contribution in [0.1, 0.15) is 55.6 Å². The Kier molecular flexibility index (Phi) is 9.85. The molecule has 35 heavy (non-hydrogen) atoms. The quantitative estimate of drug-likeness (QED) is 0.199. The Balaban J connectivity index is 1.84. The number of rotatable bonds is 11. The predicted octanol–water partition coefficient (Wildman–Crippen LogP) is 8.56. The van der Waals surface area contributed by atoms with Crippen LogP contribution in [0.15, 0.2) is 55.1 Å². The molecule has 0 bridgehead atoms. The first-order valence-electron chi connectivity index (χ1n) is 12.0. The molecule has 3 rings (SSSR count). The molecular weight excluding hydrogens is 501 g/mol. The molecule has 0 saturated carbocycles. The van der Waals surface area contributed by atoms with Crippen molar-refractivity contribution < 1.29 is 4.79 Å². The molecule has 1 heterocycles. The molecule has 7 heteroatoms. The molecule has 0 aliphatic heterocycles. The molecule has 0 aliphatic rings. The van der Waals surface area contributed by atoms with E-state index in [0.717, 1.165) is 42.5 Å². The molecule has 0 fully saturated rings. The topological polar surface area (TPSA) is 46.9 Å². The van der Waals surface area contributed by atoms with Crippen LogP contribution in [-0.2, 0) is 0 Å². The molecule has 3 aromatic rings. The summed E-state index contributed by atoms with van der Waals surface area (Å²) in [4.78, 5) is 13.1. The number of carbonyl (C=O) groups excluding carboxylic acids is 1. The summed E-state index contributed by atoms with van der Waals surface area (Å²) in [7, 11) is 0. The van der Waals surface area contributed by atoms with Gasteiger partial charge < -0.3 is 5.32 Å². The summed E-state index contributed by atoms with van der Waals surface area (Å²) < 4.78 is 1.70. The summed E-state index contributed by atoms with van der Waals surface area (Å²) in [6.07, 6.45) is 6.12. The van der Waals surface area contributed by atoms with Crippen LogP contribution in [0.3, 0.4) is 0 Å². The third-order valence-electron chi connectivity index (χ3n) is 6.51. The van der Waals surface area contributed by atoms with Gasteiger partial charge in [0, 0.05) is 27.7 Å². The first kappa shape index (κ1) is 27.3. The lowest BCUT2D eigenvalue weighted by Gasteiger charge is -2.21. The summed E-state index contributed by atoms with van der Waals surface area (Å²) in [5.41, 5.74) is 3.43. The number of hydrogen-bond donors (Lipinski definition) is 1. The second-order valence-electron chi connectivity index (χ2n) is 8.90. The van der Waals surface area contributed by atoms with Gasteiger partial charge in [0.15, 0.2) is 5.69 Å². The number of allylic oxidation sites excluding steroid dienone is 1. The summed E-state index contributed by atoms with van der Waals surface area (Å²) in [6.45, 7) is 10.9. The molecule has 186 valence electrons. The van der Waals surface area contributed by atoms with E-state index in [0.29, 0.717) is 44.8 Å². The van der Waals surface area contributed by atoms with Gasteiger partial charge in [0.1, 0.15) is 0 Å². The maximum absolute atomic E-state index is 13.1. The van der Waals surface area contributed by atoms with E-state index in [2.05, 4.69) is 30.8 Å².